The molecule has 4 saturated carbocycles. The first-order chi connectivity index (χ1) is 18.2. The van der Waals surface area contributed by atoms with Gasteiger partial charge in [0.2, 0.25) is 12.0 Å². The Morgan fingerprint density at radius 1 is 0.923 bits per heavy atom. The third kappa shape index (κ3) is 5.46. The Morgan fingerprint density at radius 2 is 1.51 bits per heavy atom. The molecular weight excluding hydrogens is 498 g/mol. The van der Waals surface area contributed by atoms with E-state index in [0.717, 1.165) is 43.9 Å². The first-order valence-corrected chi connectivity index (χ1v) is 15.0. The zero-order valence-corrected chi connectivity index (χ0v) is 25.0. The van der Waals surface area contributed by atoms with E-state index in [2.05, 4.69) is 12.2 Å². The Labute approximate surface area is 233 Å². The molecule has 5 fully saturated rings. The zero-order valence-electron chi connectivity index (χ0n) is 25.0. The standard InChI is InChI=1S/C31H49NO7/c1-8-29(5,27(36)39-31(9-2)21-13-19-12-20(15-21)16-22(31)14-19)18-30(6,17-28(3,4)25(34)32-7)26(35)38-23-10-11-37-24(23)33/h19-23H,8-18H2,1-7H3,(H,32,34). The molecule has 0 aromatic carbocycles. The van der Waals surface area contributed by atoms with Crippen LogP contribution in [0.2, 0.25) is 0 Å². The number of carbonyl (C=O) groups excluding carboxylic acids is 4. The van der Waals surface area contributed by atoms with Crippen molar-refractivity contribution in [3.05, 3.63) is 0 Å². The third-order valence-electron chi connectivity index (χ3n) is 10.7. The summed E-state index contributed by atoms with van der Waals surface area (Å²) in [5.41, 5.74) is -3.54. The highest BCUT2D eigenvalue weighted by Crippen LogP contribution is 2.61. The number of ether oxygens (including phenoxy) is 3. The highest BCUT2D eigenvalue weighted by molar-refractivity contribution is 5.86. The van der Waals surface area contributed by atoms with Crippen molar-refractivity contribution < 1.29 is 33.4 Å². The Kier molecular flexibility index (Phi) is 8.19. The van der Waals surface area contributed by atoms with E-state index in [9.17, 15) is 19.2 Å². The van der Waals surface area contributed by atoms with E-state index in [0.29, 0.717) is 24.7 Å². The maximum absolute atomic E-state index is 14.2. The summed E-state index contributed by atoms with van der Waals surface area (Å²) < 4.78 is 17.3. The minimum absolute atomic E-state index is 0.149. The summed E-state index contributed by atoms with van der Waals surface area (Å²) in [6.45, 7) is 11.5. The number of carbonyl (C=O) groups is 4. The highest BCUT2D eigenvalue weighted by Gasteiger charge is 2.60. The van der Waals surface area contributed by atoms with E-state index in [1.54, 1.807) is 27.8 Å². The average molecular weight is 548 g/mol. The summed E-state index contributed by atoms with van der Waals surface area (Å²) in [7, 11) is 1.57. The number of hydrogen-bond donors (Lipinski definition) is 1. The van der Waals surface area contributed by atoms with Crippen LogP contribution in [0.15, 0.2) is 0 Å². The lowest BCUT2D eigenvalue weighted by Gasteiger charge is -2.60. The molecule has 0 radical (unpaired) electrons. The molecule has 8 heteroatoms. The van der Waals surface area contributed by atoms with Crippen LogP contribution in [0.3, 0.4) is 0 Å². The van der Waals surface area contributed by atoms with Gasteiger partial charge in [-0.25, -0.2) is 4.79 Å². The molecule has 5 aliphatic rings. The van der Waals surface area contributed by atoms with E-state index in [1.165, 1.54) is 6.42 Å². The van der Waals surface area contributed by atoms with Gasteiger partial charge < -0.3 is 19.5 Å². The molecule has 0 aromatic rings. The molecule has 8 nitrogen and oxygen atoms in total. The molecule has 1 N–H and O–H groups in total. The Hall–Kier alpha value is -2.12. The normalized spacial score (nSPS) is 34.5. The maximum Gasteiger partial charge on any atom is 0.347 e. The minimum Gasteiger partial charge on any atom is -0.463 e. The largest absolute Gasteiger partial charge is 0.463 e. The van der Waals surface area contributed by atoms with Crippen molar-refractivity contribution in [2.75, 3.05) is 13.7 Å². The van der Waals surface area contributed by atoms with Crippen LogP contribution in [0.1, 0.15) is 106 Å². The second kappa shape index (κ2) is 10.7. The highest BCUT2D eigenvalue weighted by atomic mass is 16.6. The summed E-state index contributed by atoms with van der Waals surface area (Å²) in [6.07, 6.45) is 6.79. The van der Waals surface area contributed by atoms with Gasteiger partial charge in [0.05, 0.1) is 17.4 Å². The van der Waals surface area contributed by atoms with Gasteiger partial charge in [0, 0.05) is 18.9 Å². The van der Waals surface area contributed by atoms with Gasteiger partial charge >= 0.3 is 17.9 Å². The predicted molar refractivity (Wildman–Crippen MR) is 145 cm³/mol. The van der Waals surface area contributed by atoms with Crippen molar-refractivity contribution in [1.82, 2.24) is 5.32 Å². The van der Waals surface area contributed by atoms with Crippen molar-refractivity contribution in [2.45, 2.75) is 117 Å². The number of esters is 3. The van der Waals surface area contributed by atoms with Crippen LogP contribution < -0.4 is 5.32 Å². The van der Waals surface area contributed by atoms with Gasteiger partial charge in [-0.05, 0) is 95.3 Å². The molecule has 3 unspecified atom stereocenters. The molecule has 0 aromatic heterocycles. The molecule has 4 aliphatic carbocycles. The van der Waals surface area contributed by atoms with Crippen LogP contribution in [-0.2, 0) is 33.4 Å². The van der Waals surface area contributed by atoms with Crippen molar-refractivity contribution in [2.24, 2.45) is 39.9 Å². The van der Waals surface area contributed by atoms with Crippen molar-refractivity contribution in [3.63, 3.8) is 0 Å². The fraction of sp³-hybridized carbons (Fsp3) is 0.871. The number of cyclic esters (lactones) is 1. The number of amides is 1. The van der Waals surface area contributed by atoms with Gasteiger partial charge in [-0.2, -0.15) is 0 Å². The second-order valence-electron chi connectivity index (χ2n) is 14.1. The van der Waals surface area contributed by atoms with Gasteiger partial charge in [-0.15, -0.1) is 0 Å². The van der Waals surface area contributed by atoms with Crippen LogP contribution in [-0.4, -0.2) is 49.2 Å². The van der Waals surface area contributed by atoms with E-state index in [4.69, 9.17) is 14.2 Å². The zero-order chi connectivity index (χ0) is 28.8. The molecule has 220 valence electrons. The Bertz CT molecular complexity index is 961. The number of rotatable bonds is 11. The predicted octanol–water partition coefficient (Wildman–Crippen LogP) is 4.97. The lowest BCUT2D eigenvalue weighted by Crippen LogP contribution is -2.60. The molecule has 0 spiro atoms. The lowest BCUT2D eigenvalue weighted by atomic mass is 9.49. The molecule has 1 amide bonds. The Balaban J connectivity index is 1.60. The summed E-state index contributed by atoms with van der Waals surface area (Å²) >= 11 is 0. The monoisotopic (exact) mass is 547 g/mol. The number of nitrogens with one attached hydrogen (secondary N) is 1. The van der Waals surface area contributed by atoms with Crippen LogP contribution in [0.4, 0.5) is 0 Å². The van der Waals surface area contributed by atoms with Crippen molar-refractivity contribution >= 4 is 23.8 Å². The van der Waals surface area contributed by atoms with E-state index in [-0.39, 0.29) is 31.3 Å². The van der Waals surface area contributed by atoms with Crippen LogP contribution in [0.25, 0.3) is 0 Å². The summed E-state index contributed by atoms with van der Waals surface area (Å²) in [4.78, 5) is 52.8. The van der Waals surface area contributed by atoms with Crippen LogP contribution >= 0.6 is 0 Å². The SMILES string of the molecule is CCC(C)(CC(C)(CC(C)(C)C(=O)NC)C(=O)OC1CCOC1=O)C(=O)OC1(CC)C2CC3CC(C2)CC1C3. The van der Waals surface area contributed by atoms with Crippen molar-refractivity contribution in [1.29, 1.82) is 0 Å². The molecule has 1 heterocycles. The summed E-state index contributed by atoms with van der Waals surface area (Å²) in [5.74, 6) is 0.710. The lowest BCUT2D eigenvalue weighted by molar-refractivity contribution is -0.220. The fourth-order valence-corrected chi connectivity index (χ4v) is 8.75. The van der Waals surface area contributed by atoms with Gasteiger partial charge in [0.15, 0.2) is 0 Å². The quantitative estimate of drug-likeness (QED) is 0.287. The van der Waals surface area contributed by atoms with Gasteiger partial charge in [0.1, 0.15) is 5.60 Å². The molecule has 3 atom stereocenters. The summed E-state index contributed by atoms with van der Waals surface area (Å²) in [6, 6.07) is 0. The fourth-order valence-electron chi connectivity index (χ4n) is 8.75. The molecule has 1 aliphatic heterocycles. The van der Waals surface area contributed by atoms with E-state index < -0.39 is 39.9 Å². The van der Waals surface area contributed by atoms with Crippen molar-refractivity contribution in [3.8, 4) is 0 Å². The van der Waals surface area contributed by atoms with E-state index >= 15 is 0 Å². The molecule has 1 saturated heterocycles. The molecular formula is C31H49NO7. The third-order valence-corrected chi connectivity index (χ3v) is 10.7. The first kappa shape index (κ1) is 29.9. The molecule has 39 heavy (non-hydrogen) atoms. The second-order valence-corrected chi connectivity index (χ2v) is 14.1. The molecule has 4 bridgehead atoms. The topological polar surface area (TPSA) is 108 Å². The maximum atomic E-state index is 14.2. The summed E-state index contributed by atoms with van der Waals surface area (Å²) in [5, 5.41) is 2.69. The first-order valence-electron chi connectivity index (χ1n) is 15.0. The van der Waals surface area contributed by atoms with Crippen LogP contribution in [0, 0.1) is 39.9 Å². The van der Waals surface area contributed by atoms with Gasteiger partial charge in [-0.1, -0.05) is 27.7 Å². The minimum atomic E-state index is -1.22. The molecule has 5 rings (SSSR count). The average Bonchev–Trinajstić information content (AvgIpc) is 3.28. The van der Waals surface area contributed by atoms with Gasteiger partial charge in [0.25, 0.3) is 0 Å². The number of hydrogen-bond acceptors (Lipinski definition) is 7. The van der Waals surface area contributed by atoms with E-state index in [1.807, 2.05) is 13.8 Å². The Morgan fingerprint density at radius 3 is 1.97 bits per heavy atom. The van der Waals surface area contributed by atoms with Gasteiger partial charge in [-0.3, -0.25) is 14.4 Å². The van der Waals surface area contributed by atoms with Crippen LogP contribution in [0.5, 0.6) is 0 Å². The smallest absolute Gasteiger partial charge is 0.347 e.